The van der Waals surface area contributed by atoms with Crippen LogP contribution in [0, 0.1) is 6.92 Å². The Balaban J connectivity index is 1.68. The van der Waals surface area contributed by atoms with Crippen LogP contribution in [0.15, 0.2) is 66.0 Å². The first-order valence-corrected chi connectivity index (χ1v) is 12.7. The minimum atomic E-state index is -0.698. The lowest BCUT2D eigenvalue weighted by Gasteiger charge is -2.32. The maximum absolute atomic E-state index is 13.7. The molecular formula is C28H32N2O3S. The number of amides is 2. The van der Waals surface area contributed by atoms with E-state index in [1.54, 1.807) is 23.3 Å². The second-order valence-corrected chi connectivity index (χ2v) is 9.96. The third kappa shape index (κ3) is 6.06. The molecule has 0 spiro atoms. The van der Waals surface area contributed by atoms with Crippen molar-refractivity contribution < 1.29 is 14.3 Å². The summed E-state index contributed by atoms with van der Waals surface area (Å²) >= 11 is 1.56. The van der Waals surface area contributed by atoms with Crippen LogP contribution in [0.3, 0.4) is 0 Å². The summed E-state index contributed by atoms with van der Waals surface area (Å²) in [4.78, 5) is 30.1. The molecule has 0 aliphatic heterocycles. The molecule has 5 nitrogen and oxygen atoms in total. The van der Waals surface area contributed by atoms with E-state index in [-0.39, 0.29) is 24.3 Å². The maximum atomic E-state index is 13.7. The van der Waals surface area contributed by atoms with Gasteiger partial charge >= 0.3 is 0 Å². The van der Waals surface area contributed by atoms with Crippen molar-refractivity contribution in [2.75, 3.05) is 7.11 Å². The van der Waals surface area contributed by atoms with E-state index >= 15 is 0 Å². The number of methoxy groups -OCH3 is 1. The fraction of sp³-hybridized carbons (Fsp3) is 0.357. The van der Waals surface area contributed by atoms with Crippen molar-refractivity contribution in [2.24, 2.45) is 0 Å². The van der Waals surface area contributed by atoms with Gasteiger partial charge in [0.15, 0.2) is 0 Å². The molecule has 0 saturated heterocycles. The Kier molecular flexibility index (Phi) is 8.01. The number of aryl methyl sites for hydroxylation is 1. The molecule has 1 fully saturated rings. The SMILES string of the molecule is COc1ccc(CN(C(=O)Cc2cccs2)C(C(=O)NC2CCCC2)c2ccc(C)cc2)cc1. The number of carbonyl (C=O) groups is 2. The first-order valence-electron chi connectivity index (χ1n) is 11.8. The smallest absolute Gasteiger partial charge is 0.247 e. The van der Waals surface area contributed by atoms with Crippen LogP contribution in [0.4, 0.5) is 0 Å². The highest BCUT2D eigenvalue weighted by Gasteiger charge is 2.33. The normalized spacial score (nSPS) is 14.5. The van der Waals surface area contributed by atoms with E-state index in [9.17, 15) is 9.59 Å². The highest BCUT2D eigenvalue weighted by molar-refractivity contribution is 7.10. The number of nitrogens with zero attached hydrogens (tertiary/aromatic N) is 1. The Morgan fingerprint density at radius 2 is 1.76 bits per heavy atom. The number of rotatable bonds is 9. The number of nitrogens with one attached hydrogen (secondary N) is 1. The van der Waals surface area contributed by atoms with Crippen molar-refractivity contribution in [2.45, 2.75) is 57.7 Å². The fourth-order valence-electron chi connectivity index (χ4n) is 4.49. The molecule has 178 valence electrons. The summed E-state index contributed by atoms with van der Waals surface area (Å²) in [5.74, 6) is 0.587. The van der Waals surface area contributed by atoms with Crippen LogP contribution in [0.25, 0.3) is 0 Å². The lowest BCUT2D eigenvalue weighted by Crippen LogP contribution is -2.46. The standard InChI is InChI=1S/C28H32N2O3S/c1-20-9-13-22(14-10-20)27(28(32)29-23-6-3-4-7-23)30(26(31)18-25-8-5-17-34-25)19-21-11-15-24(33-2)16-12-21/h5,8-17,23,27H,3-4,6-7,18-19H2,1-2H3,(H,29,32). The van der Waals surface area contributed by atoms with Gasteiger partial charge in [-0.3, -0.25) is 9.59 Å². The summed E-state index contributed by atoms with van der Waals surface area (Å²) in [6.45, 7) is 2.36. The summed E-state index contributed by atoms with van der Waals surface area (Å²) in [5.41, 5.74) is 2.89. The lowest BCUT2D eigenvalue weighted by atomic mass is 10.0. The van der Waals surface area contributed by atoms with Gasteiger partial charge in [-0.2, -0.15) is 0 Å². The largest absolute Gasteiger partial charge is 0.497 e. The van der Waals surface area contributed by atoms with E-state index < -0.39 is 6.04 Å². The van der Waals surface area contributed by atoms with Crippen molar-refractivity contribution in [3.8, 4) is 5.75 Å². The van der Waals surface area contributed by atoms with Crippen molar-refractivity contribution in [3.05, 3.63) is 87.6 Å². The van der Waals surface area contributed by atoms with Gasteiger partial charge in [-0.15, -0.1) is 11.3 Å². The topological polar surface area (TPSA) is 58.6 Å². The van der Waals surface area contributed by atoms with Gasteiger partial charge in [0, 0.05) is 17.5 Å². The number of thiophene rings is 1. The van der Waals surface area contributed by atoms with Gasteiger partial charge in [-0.05, 0) is 54.5 Å². The third-order valence-electron chi connectivity index (χ3n) is 6.39. The lowest BCUT2D eigenvalue weighted by molar-refractivity contribution is -0.141. The molecule has 1 heterocycles. The minimum Gasteiger partial charge on any atom is -0.497 e. The monoisotopic (exact) mass is 476 g/mol. The van der Waals surface area contributed by atoms with Crippen LogP contribution < -0.4 is 10.1 Å². The summed E-state index contributed by atoms with van der Waals surface area (Å²) in [5, 5.41) is 5.21. The molecule has 0 bridgehead atoms. The zero-order valence-corrected chi connectivity index (χ0v) is 20.6. The molecule has 1 aromatic heterocycles. The van der Waals surface area contributed by atoms with Crippen molar-refractivity contribution in [1.29, 1.82) is 0 Å². The van der Waals surface area contributed by atoms with Gasteiger partial charge in [0.05, 0.1) is 13.5 Å². The molecule has 2 aromatic carbocycles. The summed E-state index contributed by atoms with van der Waals surface area (Å²) in [6, 6.07) is 19.0. The van der Waals surface area contributed by atoms with Gasteiger partial charge in [0.2, 0.25) is 11.8 Å². The molecule has 1 unspecified atom stereocenters. The van der Waals surface area contributed by atoms with Crippen molar-refractivity contribution in [1.82, 2.24) is 10.2 Å². The van der Waals surface area contributed by atoms with Gasteiger partial charge in [0.25, 0.3) is 0 Å². The summed E-state index contributed by atoms with van der Waals surface area (Å²) in [6.07, 6.45) is 4.52. The Morgan fingerprint density at radius 3 is 2.38 bits per heavy atom. The Morgan fingerprint density at radius 1 is 1.06 bits per heavy atom. The predicted molar refractivity (Wildman–Crippen MR) is 136 cm³/mol. The number of hydrogen-bond acceptors (Lipinski definition) is 4. The molecule has 6 heteroatoms. The zero-order valence-electron chi connectivity index (χ0n) is 19.8. The highest BCUT2D eigenvalue weighted by atomic mass is 32.1. The van der Waals surface area contributed by atoms with E-state index in [1.165, 1.54) is 0 Å². The molecule has 1 atom stereocenters. The van der Waals surface area contributed by atoms with E-state index in [0.29, 0.717) is 6.54 Å². The van der Waals surface area contributed by atoms with Crippen LogP contribution in [0.1, 0.15) is 53.3 Å². The van der Waals surface area contributed by atoms with Crippen LogP contribution >= 0.6 is 11.3 Å². The van der Waals surface area contributed by atoms with Gasteiger partial charge in [-0.25, -0.2) is 0 Å². The average Bonchev–Trinajstić information content (AvgIpc) is 3.55. The number of ether oxygens (including phenoxy) is 1. The Labute approximate surface area is 205 Å². The van der Waals surface area contributed by atoms with Gasteiger partial charge < -0.3 is 15.0 Å². The number of benzene rings is 2. The Hall–Kier alpha value is -3.12. The number of hydrogen-bond donors (Lipinski definition) is 1. The van der Waals surface area contributed by atoms with Gasteiger partial charge in [0.1, 0.15) is 11.8 Å². The highest BCUT2D eigenvalue weighted by Crippen LogP contribution is 2.28. The van der Waals surface area contributed by atoms with E-state index in [0.717, 1.165) is 53.0 Å². The second-order valence-electron chi connectivity index (χ2n) is 8.93. The third-order valence-corrected chi connectivity index (χ3v) is 7.27. The molecule has 1 aliphatic carbocycles. The molecule has 34 heavy (non-hydrogen) atoms. The van der Waals surface area contributed by atoms with E-state index in [1.807, 2.05) is 73.0 Å². The molecule has 3 aromatic rings. The van der Waals surface area contributed by atoms with Crippen LogP contribution in [0.5, 0.6) is 5.75 Å². The predicted octanol–water partition coefficient (Wildman–Crippen LogP) is 5.44. The molecule has 1 saturated carbocycles. The molecular weight excluding hydrogens is 444 g/mol. The van der Waals surface area contributed by atoms with Crippen LogP contribution in [-0.4, -0.2) is 29.9 Å². The molecule has 4 rings (SSSR count). The summed E-state index contributed by atoms with van der Waals surface area (Å²) < 4.78 is 5.29. The molecule has 1 N–H and O–H groups in total. The summed E-state index contributed by atoms with van der Waals surface area (Å²) in [7, 11) is 1.63. The number of carbonyl (C=O) groups excluding carboxylic acids is 2. The van der Waals surface area contributed by atoms with Gasteiger partial charge in [-0.1, -0.05) is 60.9 Å². The average molecular weight is 477 g/mol. The van der Waals surface area contributed by atoms with Crippen LogP contribution in [-0.2, 0) is 22.6 Å². The minimum absolute atomic E-state index is 0.0644. The first kappa shape index (κ1) is 24.0. The van der Waals surface area contributed by atoms with Crippen molar-refractivity contribution >= 4 is 23.2 Å². The quantitative estimate of drug-likeness (QED) is 0.448. The second kappa shape index (κ2) is 11.3. The van der Waals surface area contributed by atoms with E-state index in [4.69, 9.17) is 4.74 Å². The molecule has 1 aliphatic rings. The first-order chi connectivity index (χ1) is 16.5. The molecule has 0 radical (unpaired) electrons. The van der Waals surface area contributed by atoms with Crippen LogP contribution in [0.2, 0.25) is 0 Å². The van der Waals surface area contributed by atoms with Crippen molar-refractivity contribution in [3.63, 3.8) is 0 Å². The fourth-order valence-corrected chi connectivity index (χ4v) is 5.18. The Bertz CT molecular complexity index is 1070. The maximum Gasteiger partial charge on any atom is 0.247 e. The van der Waals surface area contributed by atoms with E-state index in [2.05, 4.69) is 5.32 Å². The molecule has 2 amide bonds. The zero-order chi connectivity index (χ0) is 23.9.